The van der Waals surface area contributed by atoms with Crippen molar-refractivity contribution in [3.05, 3.63) is 58.0 Å². The van der Waals surface area contributed by atoms with Crippen LogP contribution in [0.1, 0.15) is 21.7 Å². The third-order valence-electron chi connectivity index (χ3n) is 2.75. The van der Waals surface area contributed by atoms with E-state index in [4.69, 9.17) is 0 Å². The van der Waals surface area contributed by atoms with Gasteiger partial charge in [0.15, 0.2) is 5.69 Å². The van der Waals surface area contributed by atoms with Gasteiger partial charge < -0.3 is 4.74 Å². The molecule has 2 heterocycles. The molecule has 116 valence electrons. The molecule has 0 spiro atoms. The topological polar surface area (TPSA) is 74.1 Å². The van der Waals surface area contributed by atoms with Crippen molar-refractivity contribution in [2.24, 2.45) is 0 Å². The first-order chi connectivity index (χ1) is 10.3. The van der Waals surface area contributed by atoms with Crippen LogP contribution in [-0.2, 0) is 17.5 Å². The van der Waals surface area contributed by atoms with Crippen LogP contribution >= 0.6 is 0 Å². The van der Waals surface area contributed by atoms with Crippen LogP contribution < -0.4 is 5.56 Å². The molecule has 0 saturated heterocycles. The van der Waals surface area contributed by atoms with E-state index < -0.39 is 23.4 Å². The minimum Gasteiger partial charge on any atom is -0.465 e. The normalized spacial score (nSPS) is 11.3. The highest BCUT2D eigenvalue weighted by Crippen LogP contribution is 2.25. The molecule has 22 heavy (non-hydrogen) atoms. The SMILES string of the molecule is COC(=O)c1ccc(Cn2cnc(C(F)(F)F)cc2=O)nc1. The van der Waals surface area contributed by atoms with Gasteiger partial charge >= 0.3 is 12.1 Å². The van der Waals surface area contributed by atoms with Crippen LogP contribution in [0.25, 0.3) is 0 Å². The predicted molar refractivity (Wildman–Crippen MR) is 68.2 cm³/mol. The van der Waals surface area contributed by atoms with Crippen LogP contribution in [0.5, 0.6) is 0 Å². The van der Waals surface area contributed by atoms with Crippen LogP contribution in [-0.4, -0.2) is 27.6 Å². The molecular weight excluding hydrogens is 303 g/mol. The van der Waals surface area contributed by atoms with E-state index in [9.17, 15) is 22.8 Å². The molecule has 0 fully saturated rings. The van der Waals surface area contributed by atoms with E-state index in [1.165, 1.54) is 25.4 Å². The van der Waals surface area contributed by atoms with E-state index in [0.717, 1.165) is 10.9 Å². The number of carbonyl (C=O) groups excluding carboxylic acids is 1. The molecule has 0 aliphatic carbocycles. The summed E-state index contributed by atoms with van der Waals surface area (Å²) in [6.45, 7) is -0.0641. The molecule has 9 heteroatoms. The van der Waals surface area contributed by atoms with Crippen molar-refractivity contribution in [2.45, 2.75) is 12.7 Å². The first-order valence-corrected chi connectivity index (χ1v) is 5.98. The Balaban J connectivity index is 2.21. The zero-order valence-electron chi connectivity index (χ0n) is 11.3. The molecule has 0 unspecified atom stereocenters. The van der Waals surface area contributed by atoms with E-state index in [-0.39, 0.29) is 12.1 Å². The zero-order chi connectivity index (χ0) is 16.3. The summed E-state index contributed by atoms with van der Waals surface area (Å²) in [5, 5.41) is 0. The number of esters is 1. The molecule has 0 aliphatic rings. The van der Waals surface area contributed by atoms with Crippen molar-refractivity contribution in [1.82, 2.24) is 14.5 Å². The summed E-state index contributed by atoms with van der Waals surface area (Å²) in [4.78, 5) is 30.0. The summed E-state index contributed by atoms with van der Waals surface area (Å²) in [5.74, 6) is -0.563. The lowest BCUT2D eigenvalue weighted by molar-refractivity contribution is -0.141. The first kappa shape index (κ1) is 15.7. The molecule has 0 aromatic carbocycles. The quantitative estimate of drug-likeness (QED) is 0.803. The number of alkyl halides is 3. The van der Waals surface area contributed by atoms with Crippen LogP contribution in [0.4, 0.5) is 13.2 Å². The molecule has 0 amide bonds. The average molecular weight is 313 g/mol. The van der Waals surface area contributed by atoms with Crippen molar-refractivity contribution in [3.63, 3.8) is 0 Å². The van der Waals surface area contributed by atoms with Crippen LogP contribution in [0.2, 0.25) is 0 Å². The van der Waals surface area contributed by atoms with Crippen molar-refractivity contribution >= 4 is 5.97 Å². The highest BCUT2D eigenvalue weighted by molar-refractivity contribution is 5.88. The molecule has 0 radical (unpaired) electrons. The summed E-state index contributed by atoms with van der Waals surface area (Å²) in [6, 6.07) is 3.33. The summed E-state index contributed by atoms with van der Waals surface area (Å²) in [5.41, 5.74) is -1.48. The second-order valence-corrected chi connectivity index (χ2v) is 4.27. The second-order valence-electron chi connectivity index (χ2n) is 4.27. The van der Waals surface area contributed by atoms with E-state index in [0.29, 0.717) is 11.8 Å². The van der Waals surface area contributed by atoms with E-state index in [2.05, 4.69) is 14.7 Å². The van der Waals surface area contributed by atoms with Gasteiger partial charge in [-0.15, -0.1) is 0 Å². The maximum atomic E-state index is 12.4. The van der Waals surface area contributed by atoms with Crippen LogP contribution in [0, 0.1) is 0 Å². The van der Waals surface area contributed by atoms with E-state index >= 15 is 0 Å². The monoisotopic (exact) mass is 313 g/mol. The van der Waals surface area contributed by atoms with Gasteiger partial charge in [0.2, 0.25) is 0 Å². The van der Waals surface area contributed by atoms with E-state index in [1.54, 1.807) is 0 Å². The van der Waals surface area contributed by atoms with Gasteiger partial charge in [-0.1, -0.05) is 0 Å². The Kier molecular flexibility index (Phi) is 4.25. The van der Waals surface area contributed by atoms with Crippen LogP contribution in [0.3, 0.4) is 0 Å². The minimum absolute atomic E-state index is 0.0641. The number of ether oxygens (including phenoxy) is 1. The third kappa shape index (κ3) is 3.48. The van der Waals surface area contributed by atoms with Crippen molar-refractivity contribution in [1.29, 1.82) is 0 Å². The number of methoxy groups -OCH3 is 1. The molecule has 0 N–H and O–H groups in total. The van der Waals surface area contributed by atoms with Gasteiger partial charge in [-0.2, -0.15) is 13.2 Å². The molecular formula is C13H10F3N3O3. The average Bonchev–Trinajstić information content (AvgIpc) is 2.48. The molecule has 0 atom stereocenters. The minimum atomic E-state index is -4.67. The summed E-state index contributed by atoms with van der Waals surface area (Å²) in [6.07, 6.45) is -2.61. The third-order valence-corrected chi connectivity index (χ3v) is 2.75. The number of halogens is 3. The largest absolute Gasteiger partial charge is 0.465 e. The molecule has 2 rings (SSSR count). The van der Waals surface area contributed by atoms with E-state index in [1.807, 2.05) is 0 Å². The lowest BCUT2D eigenvalue weighted by Crippen LogP contribution is -2.24. The Morgan fingerprint density at radius 1 is 1.32 bits per heavy atom. The van der Waals surface area contributed by atoms with Crippen molar-refractivity contribution < 1.29 is 22.7 Å². The smallest absolute Gasteiger partial charge is 0.433 e. The highest BCUT2D eigenvalue weighted by Gasteiger charge is 2.33. The number of nitrogens with zero attached hydrogens (tertiary/aromatic N) is 3. The zero-order valence-corrected chi connectivity index (χ0v) is 11.3. The standard InChI is InChI=1S/C13H10F3N3O3/c1-22-12(21)8-2-3-9(17-5-8)6-19-7-18-10(4-11(19)20)13(14,15)16/h2-5,7H,6H2,1H3. The number of pyridine rings is 1. The fourth-order valence-electron chi connectivity index (χ4n) is 1.63. The second kappa shape index (κ2) is 5.96. The first-order valence-electron chi connectivity index (χ1n) is 5.98. The fraction of sp³-hybridized carbons (Fsp3) is 0.231. The van der Waals surface area contributed by atoms with Gasteiger partial charge in [0.1, 0.15) is 0 Å². The molecule has 2 aromatic rings. The summed E-state index contributed by atoms with van der Waals surface area (Å²) >= 11 is 0. The Labute approximate surface area is 122 Å². The Morgan fingerprint density at radius 2 is 2.05 bits per heavy atom. The number of hydrogen-bond acceptors (Lipinski definition) is 5. The highest BCUT2D eigenvalue weighted by atomic mass is 19.4. The van der Waals surface area contributed by atoms with Gasteiger partial charge in [0.05, 0.1) is 31.2 Å². The Morgan fingerprint density at radius 3 is 2.55 bits per heavy atom. The number of rotatable bonds is 3. The number of carbonyl (C=O) groups is 1. The van der Waals surface area contributed by atoms with Crippen molar-refractivity contribution in [2.75, 3.05) is 7.11 Å². The van der Waals surface area contributed by atoms with Gasteiger partial charge in [-0.05, 0) is 12.1 Å². The fourth-order valence-corrected chi connectivity index (χ4v) is 1.63. The van der Waals surface area contributed by atoms with Gasteiger partial charge in [0.25, 0.3) is 5.56 Å². The maximum Gasteiger partial charge on any atom is 0.433 e. The summed E-state index contributed by atoms with van der Waals surface area (Å²) < 4.78 is 42.7. The van der Waals surface area contributed by atoms with Gasteiger partial charge in [0, 0.05) is 12.3 Å². The molecule has 6 nitrogen and oxygen atoms in total. The summed E-state index contributed by atoms with van der Waals surface area (Å²) in [7, 11) is 1.23. The maximum absolute atomic E-state index is 12.4. The predicted octanol–water partition coefficient (Wildman–Crippen LogP) is 1.49. The molecule has 0 bridgehead atoms. The number of aromatic nitrogens is 3. The molecule has 0 saturated carbocycles. The lowest BCUT2D eigenvalue weighted by atomic mass is 10.2. The van der Waals surface area contributed by atoms with Gasteiger partial charge in [-0.3, -0.25) is 14.3 Å². The molecule has 2 aromatic heterocycles. The lowest BCUT2D eigenvalue weighted by Gasteiger charge is -2.08. The van der Waals surface area contributed by atoms with Crippen LogP contribution in [0.15, 0.2) is 35.5 Å². The van der Waals surface area contributed by atoms with Crippen molar-refractivity contribution in [3.8, 4) is 0 Å². The Hall–Kier alpha value is -2.71. The molecule has 0 aliphatic heterocycles. The van der Waals surface area contributed by atoms with Gasteiger partial charge in [-0.25, -0.2) is 9.78 Å². The number of hydrogen-bond donors (Lipinski definition) is 0. The Bertz CT molecular complexity index is 739.